The number of ether oxygens (including phenoxy) is 2. The highest BCUT2D eigenvalue weighted by molar-refractivity contribution is 5.82. The number of benzene rings is 3. The Morgan fingerprint density at radius 2 is 1.79 bits per heavy atom. The van der Waals surface area contributed by atoms with Gasteiger partial charge in [-0.1, -0.05) is 23.8 Å². The standard InChI is InChI=1S/C30H34N4O5/c1-20-4-7-23(8-5-20)32-14-15-33-26-10-9-24(34(36)37)17-22(26)18-25(27(33)19-32)30(35)31-13-12-21-6-11-28(38-2)29(16-21)39-3/h4-11,16-17,25,27H,12-15,18-19H2,1-3H3,(H,31,35)/t25-,27-/m0/s1. The Labute approximate surface area is 228 Å². The lowest BCUT2D eigenvalue weighted by molar-refractivity contribution is -0.384. The highest BCUT2D eigenvalue weighted by atomic mass is 16.6. The monoisotopic (exact) mass is 530 g/mol. The SMILES string of the molecule is COc1ccc(CCNC(=O)[C@H]2Cc3cc([N+](=O)[O-])ccc3N3CCN(c4ccc(C)cc4)C[C@@H]23)cc1OC. The van der Waals surface area contributed by atoms with Crippen LogP contribution >= 0.6 is 0 Å². The van der Waals surface area contributed by atoms with E-state index in [2.05, 4.69) is 46.3 Å². The zero-order chi connectivity index (χ0) is 27.5. The quantitative estimate of drug-likeness (QED) is 0.345. The molecule has 204 valence electrons. The van der Waals surface area contributed by atoms with Crippen molar-refractivity contribution in [2.24, 2.45) is 5.92 Å². The second kappa shape index (κ2) is 11.2. The molecule has 9 nitrogen and oxygen atoms in total. The molecule has 3 aromatic rings. The van der Waals surface area contributed by atoms with Crippen molar-refractivity contribution in [3.05, 3.63) is 87.5 Å². The number of nitro groups is 1. The van der Waals surface area contributed by atoms with Crippen LogP contribution in [0, 0.1) is 23.0 Å². The highest BCUT2D eigenvalue weighted by Gasteiger charge is 2.42. The summed E-state index contributed by atoms with van der Waals surface area (Å²) >= 11 is 0. The van der Waals surface area contributed by atoms with Gasteiger partial charge < -0.3 is 24.6 Å². The Hall–Kier alpha value is -4.27. The number of nitrogens with zero attached hydrogens (tertiary/aromatic N) is 3. The van der Waals surface area contributed by atoms with Gasteiger partial charge in [0.15, 0.2) is 11.5 Å². The molecular formula is C30H34N4O5. The summed E-state index contributed by atoms with van der Waals surface area (Å²) in [5, 5.41) is 14.6. The van der Waals surface area contributed by atoms with Crippen LogP contribution in [0.5, 0.6) is 11.5 Å². The van der Waals surface area contributed by atoms with Crippen molar-refractivity contribution in [2.75, 3.05) is 50.2 Å². The molecular weight excluding hydrogens is 496 g/mol. The Kier molecular flexibility index (Phi) is 7.58. The van der Waals surface area contributed by atoms with E-state index in [1.807, 2.05) is 24.3 Å². The predicted octanol–water partition coefficient (Wildman–Crippen LogP) is 4.15. The van der Waals surface area contributed by atoms with Gasteiger partial charge in [-0.2, -0.15) is 0 Å². The van der Waals surface area contributed by atoms with Gasteiger partial charge in [-0.3, -0.25) is 14.9 Å². The molecule has 0 aromatic heterocycles. The van der Waals surface area contributed by atoms with Gasteiger partial charge in [0.1, 0.15) is 0 Å². The van der Waals surface area contributed by atoms with Crippen LogP contribution in [-0.2, 0) is 17.6 Å². The molecule has 39 heavy (non-hydrogen) atoms. The molecule has 1 saturated heterocycles. The van der Waals surface area contributed by atoms with Crippen molar-refractivity contribution >= 4 is 23.0 Å². The molecule has 0 bridgehead atoms. The molecule has 0 spiro atoms. The molecule has 0 radical (unpaired) electrons. The number of aryl methyl sites for hydroxylation is 1. The topological polar surface area (TPSA) is 97.2 Å². The average Bonchev–Trinajstić information content (AvgIpc) is 2.96. The molecule has 0 unspecified atom stereocenters. The summed E-state index contributed by atoms with van der Waals surface area (Å²) in [4.78, 5) is 29.3. The lowest BCUT2D eigenvalue weighted by atomic mass is 9.83. The number of amides is 1. The zero-order valence-corrected chi connectivity index (χ0v) is 22.6. The fraction of sp³-hybridized carbons (Fsp3) is 0.367. The first-order valence-corrected chi connectivity index (χ1v) is 13.2. The van der Waals surface area contributed by atoms with Crippen LogP contribution in [0.25, 0.3) is 0 Å². The van der Waals surface area contributed by atoms with Crippen LogP contribution in [0.15, 0.2) is 60.7 Å². The second-order valence-electron chi connectivity index (χ2n) is 10.2. The molecule has 0 saturated carbocycles. The number of anilines is 2. The summed E-state index contributed by atoms with van der Waals surface area (Å²) in [5.74, 6) is 0.947. The van der Waals surface area contributed by atoms with Crippen LogP contribution in [0.4, 0.5) is 17.1 Å². The molecule has 1 N–H and O–H groups in total. The van der Waals surface area contributed by atoms with Crippen molar-refractivity contribution in [2.45, 2.75) is 25.8 Å². The Balaban J connectivity index is 1.35. The van der Waals surface area contributed by atoms with Gasteiger partial charge in [-0.25, -0.2) is 0 Å². The van der Waals surface area contributed by atoms with E-state index in [0.29, 0.717) is 37.4 Å². The number of piperazine rings is 1. The van der Waals surface area contributed by atoms with Gasteiger partial charge >= 0.3 is 0 Å². The highest BCUT2D eigenvalue weighted by Crippen LogP contribution is 2.38. The Morgan fingerprint density at radius 1 is 1.03 bits per heavy atom. The number of non-ortho nitro benzene ring substituents is 1. The van der Waals surface area contributed by atoms with Crippen molar-refractivity contribution in [1.29, 1.82) is 0 Å². The van der Waals surface area contributed by atoms with Crippen molar-refractivity contribution < 1.29 is 19.2 Å². The first-order chi connectivity index (χ1) is 18.9. The number of hydrogen-bond acceptors (Lipinski definition) is 7. The van der Waals surface area contributed by atoms with E-state index in [-0.39, 0.29) is 28.5 Å². The van der Waals surface area contributed by atoms with Gasteiger partial charge in [0.05, 0.1) is 31.1 Å². The first kappa shape index (κ1) is 26.3. The first-order valence-electron chi connectivity index (χ1n) is 13.2. The maximum absolute atomic E-state index is 13.6. The summed E-state index contributed by atoms with van der Waals surface area (Å²) in [5.41, 5.74) is 5.27. The average molecular weight is 531 g/mol. The molecule has 2 aliphatic heterocycles. The van der Waals surface area contributed by atoms with Gasteiger partial charge in [-0.15, -0.1) is 0 Å². The second-order valence-corrected chi connectivity index (χ2v) is 10.2. The summed E-state index contributed by atoms with van der Waals surface area (Å²) < 4.78 is 10.7. The van der Waals surface area contributed by atoms with Gasteiger partial charge in [0, 0.05) is 49.7 Å². The van der Waals surface area contributed by atoms with Crippen molar-refractivity contribution in [1.82, 2.24) is 5.32 Å². The van der Waals surface area contributed by atoms with E-state index in [1.165, 1.54) is 5.56 Å². The zero-order valence-electron chi connectivity index (χ0n) is 22.6. The van der Waals surface area contributed by atoms with E-state index < -0.39 is 0 Å². The predicted molar refractivity (Wildman–Crippen MR) is 151 cm³/mol. The van der Waals surface area contributed by atoms with Crippen molar-refractivity contribution in [3.8, 4) is 11.5 Å². The number of nitro benzene ring substituents is 1. The maximum Gasteiger partial charge on any atom is 0.269 e. The van der Waals surface area contributed by atoms with Gasteiger partial charge in [0.2, 0.25) is 5.91 Å². The Morgan fingerprint density at radius 3 is 2.51 bits per heavy atom. The minimum Gasteiger partial charge on any atom is -0.493 e. The molecule has 9 heteroatoms. The molecule has 1 fully saturated rings. The van der Waals surface area contributed by atoms with Gasteiger partial charge in [-0.05, 0) is 61.2 Å². The third-order valence-corrected chi connectivity index (χ3v) is 7.80. The molecule has 5 rings (SSSR count). The molecule has 2 aliphatic rings. The molecule has 2 heterocycles. The number of rotatable bonds is 8. The number of hydrogen-bond donors (Lipinski definition) is 1. The molecule has 0 aliphatic carbocycles. The van der Waals surface area contributed by atoms with E-state index in [9.17, 15) is 14.9 Å². The normalized spacial score (nSPS) is 18.1. The van der Waals surface area contributed by atoms with E-state index >= 15 is 0 Å². The van der Waals surface area contributed by atoms with Crippen LogP contribution in [-0.4, -0.2) is 57.3 Å². The van der Waals surface area contributed by atoms with Crippen LogP contribution < -0.4 is 24.6 Å². The van der Waals surface area contributed by atoms with Crippen LogP contribution in [0.1, 0.15) is 16.7 Å². The number of methoxy groups -OCH3 is 2. The summed E-state index contributed by atoms with van der Waals surface area (Å²) in [6.07, 6.45) is 1.10. The lowest BCUT2D eigenvalue weighted by Crippen LogP contribution is -2.61. The maximum atomic E-state index is 13.6. The van der Waals surface area contributed by atoms with Crippen LogP contribution in [0.3, 0.4) is 0 Å². The fourth-order valence-corrected chi connectivity index (χ4v) is 5.71. The van der Waals surface area contributed by atoms with Gasteiger partial charge in [0.25, 0.3) is 5.69 Å². The number of nitrogens with one attached hydrogen (secondary N) is 1. The smallest absolute Gasteiger partial charge is 0.269 e. The minimum atomic E-state index is -0.375. The number of fused-ring (bicyclic) bond motifs is 3. The summed E-state index contributed by atoms with van der Waals surface area (Å²) in [7, 11) is 3.20. The number of carbonyl (C=O) groups is 1. The molecule has 1 amide bonds. The third-order valence-electron chi connectivity index (χ3n) is 7.80. The van der Waals surface area contributed by atoms with E-state index in [4.69, 9.17) is 9.47 Å². The number of carbonyl (C=O) groups excluding carboxylic acids is 1. The largest absolute Gasteiger partial charge is 0.493 e. The lowest BCUT2D eigenvalue weighted by Gasteiger charge is -2.49. The molecule has 2 atom stereocenters. The molecule has 3 aromatic carbocycles. The minimum absolute atomic E-state index is 0.0339. The van der Waals surface area contributed by atoms with Crippen molar-refractivity contribution in [3.63, 3.8) is 0 Å². The van der Waals surface area contributed by atoms with E-state index in [0.717, 1.165) is 35.6 Å². The Bertz CT molecular complexity index is 1360. The summed E-state index contributed by atoms with van der Waals surface area (Å²) in [6.45, 7) is 4.79. The van der Waals surface area contributed by atoms with E-state index in [1.54, 1.807) is 26.4 Å². The third kappa shape index (κ3) is 5.48. The summed E-state index contributed by atoms with van der Waals surface area (Å²) in [6, 6.07) is 19.2. The van der Waals surface area contributed by atoms with Crippen LogP contribution in [0.2, 0.25) is 0 Å². The fourth-order valence-electron chi connectivity index (χ4n) is 5.71.